The van der Waals surface area contributed by atoms with Gasteiger partial charge in [0.15, 0.2) is 10.2 Å². The van der Waals surface area contributed by atoms with Gasteiger partial charge >= 0.3 is 0 Å². The molecule has 0 aliphatic heterocycles. The molecule has 3 rings (SSSR count). The van der Waals surface area contributed by atoms with Gasteiger partial charge in [0.25, 0.3) is 0 Å². The Bertz CT molecular complexity index is 795. The first-order valence-corrected chi connectivity index (χ1v) is 10.0. The van der Waals surface area contributed by atoms with E-state index in [2.05, 4.69) is 76.1 Å². The zero-order chi connectivity index (χ0) is 17.6. The fourth-order valence-corrected chi connectivity index (χ4v) is 3.94. The van der Waals surface area contributed by atoms with Crippen molar-refractivity contribution < 1.29 is 0 Å². The summed E-state index contributed by atoms with van der Waals surface area (Å²) in [5.74, 6) is 2.08. The molecule has 1 N–H and O–H groups in total. The largest absolute Gasteiger partial charge is 0.330 e. The third kappa shape index (κ3) is 4.76. The summed E-state index contributed by atoms with van der Waals surface area (Å²) in [5, 5.41) is 24.3. The van der Waals surface area contributed by atoms with Crippen LogP contribution in [0.3, 0.4) is 0 Å². The summed E-state index contributed by atoms with van der Waals surface area (Å²) in [6.07, 6.45) is 1.01. The highest BCUT2D eigenvalue weighted by Crippen LogP contribution is 2.29. The lowest BCUT2D eigenvalue weighted by Crippen LogP contribution is -2.04. The molecule has 132 valence electrons. The first kappa shape index (κ1) is 17.8. The fourth-order valence-electron chi connectivity index (χ4n) is 2.23. The van der Waals surface area contributed by atoms with Gasteiger partial charge in [-0.1, -0.05) is 56.0 Å². The molecule has 3 aromatic rings. The van der Waals surface area contributed by atoms with E-state index in [0.717, 1.165) is 33.9 Å². The van der Waals surface area contributed by atoms with Crippen molar-refractivity contribution >= 4 is 33.9 Å². The second kappa shape index (κ2) is 8.39. The van der Waals surface area contributed by atoms with E-state index in [-0.39, 0.29) is 0 Å². The highest BCUT2D eigenvalue weighted by Gasteiger charge is 2.10. The minimum Gasteiger partial charge on any atom is -0.330 e. The third-order valence-corrected chi connectivity index (χ3v) is 5.57. The molecular formula is C16H21N7S2. The Morgan fingerprint density at radius 1 is 1.16 bits per heavy atom. The van der Waals surface area contributed by atoms with Crippen LogP contribution in [0.25, 0.3) is 0 Å². The van der Waals surface area contributed by atoms with Gasteiger partial charge in [-0.2, -0.15) is 0 Å². The van der Waals surface area contributed by atoms with Crippen molar-refractivity contribution in [3.05, 3.63) is 35.7 Å². The standard InChI is InChI=1S/C16H21N7S2/c1-4-9-23-14(18-21-22-23)10-24-16-20-19-15(25-16)17-13-7-5-12(6-8-13)11(2)3/h5-8,11H,4,9-10H2,1-3H3,(H,17,19). The Labute approximate surface area is 155 Å². The van der Waals surface area contributed by atoms with Crippen LogP contribution in [0.1, 0.15) is 44.5 Å². The van der Waals surface area contributed by atoms with E-state index in [9.17, 15) is 0 Å². The zero-order valence-electron chi connectivity index (χ0n) is 14.5. The SMILES string of the molecule is CCCn1nnnc1CSc1nnc(Nc2ccc(C(C)C)cc2)s1. The van der Waals surface area contributed by atoms with Crippen molar-refractivity contribution in [2.45, 2.75) is 49.7 Å². The van der Waals surface area contributed by atoms with Crippen LogP contribution in [0.2, 0.25) is 0 Å². The molecule has 0 bridgehead atoms. The smallest absolute Gasteiger partial charge is 0.210 e. The third-order valence-electron chi connectivity index (χ3n) is 3.60. The lowest BCUT2D eigenvalue weighted by Gasteiger charge is -2.06. The van der Waals surface area contributed by atoms with Crippen LogP contribution in [0, 0.1) is 0 Å². The molecule has 0 fully saturated rings. The van der Waals surface area contributed by atoms with Gasteiger partial charge in [0.05, 0.1) is 5.75 Å². The van der Waals surface area contributed by atoms with E-state index in [4.69, 9.17) is 0 Å². The van der Waals surface area contributed by atoms with Gasteiger partial charge in [-0.15, -0.1) is 15.3 Å². The van der Waals surface area contributed by atoms with E-state index in [1.165, 1.54) is 16.9 Å². The number of hydrogen-bond acceptors (Lipinski definition) is 8. The monoisotopic (exact) mass is 375 g/mol. The maximum atomic E-state index is 4.22. The van der Waals surface area contributed by atoms with Crippen LogP contribution in [0.4, 0.5) is 10.8 Å². The van der Waals surface area contributed by atoms with Crippen LogP contribution >= 0.6 is 23.1 Å². The summed E-state index contributed by atoms with van der Waals surface area (Å²) in [6, 6.07) is 8.42. The van der Waals surface area contributed by atoms with Gasteiger partial charge in [-0.25, -0.2) is 4.68 Å². The summed E-state index contributed by atoms with van der Waals surface area (Å²) < 4.78 is 2.73. The molecule has 0 aliphatic carbocycles. The molecule has 0 aliphatic rings. The van der Waals surface area contributed by atoms with Gasteiger partial charge in [0.2, 0.25) is 5.13 Å². The predicted octanol–water partition coefficient (Wildman–Crippen LogP) is 4.09. The van der Waals surface area contributed by atoms with Crippen LogP contribution < -0.4 is 5.32 Å². The molecular weight excluding hydrogens is 354 g/mol. The van der Waals surface area contributed by atoms with E-state index in [1.54, 1.807) is 11.8 Å². The minimum absolute atomic E-state index is 0.530. The number of benzene rings is 1. The van der Waals surface area contributed by atoms with Crippen molar-refractivity contribution in [2.75, 3.05) is 5.32 Å². The number of tetrazole rings is 1. The van der Waals surface area contributed by atoms with Crippen LogP contribution in [0.15, 0.2) is 28.6 Å². The predicted molar refractivity (Wildman–Crippen MR) is 101 cm³/mol. The maximum Gasteiger partial charge on any atom is 0.210 e. The number of rotatable bonds is 8. The molecule has 0 amide bonds. The van der Waals surface area contributed by atoms with Gasteiger partial charge in [-0.05, 0) is 40.5 Å². The van der Waals surface area contributed by atoms with Crippen molar-refractivity contribution in [1.29, 1.82) is 0 Å². The Hall–Kier alpha value is -2.00. The highest BCUT2D eigenvalue weighted by atomic mass is 32.2. The Kier molecular flexibility index (Phi) is 5.98. The van der Waals surface area contributed by atoms with Crippen molar-refractivity contribution in [2.24, 2.45) is 0 Å². The number of hydrogen-bond donors (Lipinski definition) is 1. The number of aryl methyl sites for hydroxylation is 1. The summed E-state index contributed by atoms with van der Waals surface area (Å²) in [4.78, 5) is 0. The van der Waals surface area contributed by atoms with E-state index in [1.807, 2.05) is 4.68 Å². The average Bonchev–Trinajstić information content (AvgIpc) is 3.23. The molecule has 0 saturated carbocycles. The first-order valence-electron chi connectivity index (χ1n) is 8.24. The molecule has 0 radical (unpaired) electrons. The number of nitrogens with one attached hydrogen (secondary N) is 1. The second-order valence-electron chi connectivity index (χ2n) is 5.88. The Morgan fingerprint density at radius 2 is 1.96 bits per heavy atom. The molecule has 9 heteroatoms. The average molecular weight is 376 g/mol. The number of thioether (sulfide) groups is 1. The summed E-state index contributed by atoms with van der Waals surface area (Å²) in [5.41, 5.74) is 2.34. The first-order chi connectivity index (χ1) is 12.2. The molecule has 0 atom stereocenters. The maximum absolute atomic E-state index is 4.22. The van der Waals surface area contributed by atoms with Crippen molar-refractivity contribution in [3.8, 4) is 0 Å². The molecule has 25 heavy (non-hydrogen) atoms. The topological polar surface area (TPSA) is 81.4 Å². The lowest BCUT2D eigenvalue weighted by atomic mass is 10.0. The Balaban J connectivity index is 1.57. The number of nitrogens with zero attached hydrogens (tertiary/aromatic N) is 6. The summed E-state index contributed by atoms with van der Waals surface area (Å²) in [7, 11) is 0. The molecule has 7 nitrogen and oxygen atoms in total. The minimum atomic E-state index is 0.530. The molecule has 0 unspecified atom stereocenters. The molecule has 0 spiro atoms. The molecule has 2 aromatic heterocycles. The van der Waals surface area contributed by atoms with Crippen molar-refractivity contribution in [1.82, 2.24) is 30.4 Å². The van der Waals surface area contributed by atoms with E-state index >= 15 is 0 Å². The van der Waals surface area contributed by atoms with Gasteiger partial charge in [0, 0.05) is 12.2 Å². The van der Waals surface area contributed by atoms with Crippen LogP contribution in [0.5, 0.6) is 0 Å². The molecule has 2 heterocycles. The summed E-state index contributed by atoms with van der Waals surface area (Å²) >= 11 is 3.13. The Morgan fingerprint density at radius 3 is 2.68 bits per heavy atom. The van der Waals surface area contributed by atoms with Gasteiger partial charge < -0.3 is 5.32 Å². The van der Waals surface area contributed by atoms with Crippen LogP contribution in [-0.2, 0) is 12.3 Å². The zero-order valence-corrected chi connectivity index (χ0v) is 16.1. The quantitative estimate of drug-likeness (QED) is 0.594. The van der Waals surface area contributed by atoms with E-state index < -0.39 is 0 Å². The highest BCUT2D eigenvalue weighted by molar-refractivity contribution is 8.00. The normalized spacial score (nSPS) is 11.2. The lowest BCUT2D eigenvalue weighted by molar-refractivity contribution is 0.564. The van der Waals surface area contributed by atoms with Gasteiger partial charge in [-0.3, -0.25) is 0 Å². The van der Waals surface area contributed by atoms with Crippen LogP contribution in [-0.4, -0.2) is 30.4 Å². The molecule has 0 saturated heterocycles. The van der Waals surface area contributed by atoms with Crippen molar-refractivity contribution in [3.63, 3.8) is 0 Å². The van der Waals surface area contributed by atoms with E-state index in [0.29, 0.717) is 11.7 Å². The fraction of sp³-hybridized carbons (Fsp3) is 0.438. The number of aromatic nitrogens is 6. The molecule has 1 aromatic carbocycles. The summed E-state index contributed by atoms with van der Waals surface area (Å²) in [6.45, 7) is 7.31. The second-order valence-corrected chi connectivity index (χ2v) is 8.08. The van der Waals surface area contributed by atoms with Gasteiger partial charge in [0.1, 0.15) is 0 Å². The number of anilines is 2.